The zero-order chi connectivity index (χ0) is 22.9. The maximum absolute atomic E-state index is 12.7. The monoisotopic (exact) mass is 444 g/mol. The number of nitrogens with one attached hydrogen (secondary N) is 1. The third kappa shape index (κ3) is 6.63. The number of piperazine rings is 1. The number of hydrogen-bond donors (Lipinski definition) is 1. The van der Waals surface area contributed by atoms with E-state index in [1.807, 2.05) is 30.3 Å². The molecular weight excluding hydrogens is 412 g/mol. The summed E-state index contributed by atoms with van der Waals surface area (Å²) < 4.78 is 5.82. The second-order valence-electron chi connectivity index (χ2n) is 8.51. The summed E-state index contributed by atoms with van der Waals surface area (Å²) in [6.07, 6.45) is 4.43. The first-order valence-corrected chi connectivity index (χ1v) is 11.6. The quantitative estimate of drug-likeness (QED) is 0.509. The largest absolute Gasteiger partial charge is 0.489 e. The van der Waals surface area contributed by atoms with Gasteiger partial charge < -0.3 is 15.0 Å². The molecule has 3 aromatic rings. The van der Waals surface area contributed by atoms with Crippen molar-refractivity contribution in [1.29, 1.82) is 0 Å². The summed E-state index contributed by atoms with van der Waals surface area (Å²) in [5.74, 6) is 0.606. The lowest BCUT2D eigenvalue weighted by atomic mass is 10.0. The lowest BCUT2D eigenvalue weighted by Crippen LogP contribution is -2.47. The molecule has 1 unspecified atom stereocenters. The number of amides is 1. The maximum Gasteiger partial charge on any atom is 0.251 e. The molecule has 0 saturated carbocycles. The first kappa shape index (κ1) is 23.0. The van der Waals surface area contributed by atoms with Crippen molar-refractivity contribution in [2.75, 3.05) is 39.8 Å². The number of carbonyl (C=O) groups is 1. The fourth-order valence-electron chi connectivity index (χ4n) is 4.18. The molecule has 0 radical (unpaired) electrons. The summed E-state index contributed by atoms with van der Waals surface area (Å²) in [6.45, 7) is 5.17. The van der Waals surface area contributed by atoms with Crippen molar-refractivity contribution in [2.45, 2.75) is 19.1 Å². The van der Waals surface area contributed by atoms with E-state index >= 15 is 0 Å². The lowest BCUT2D eigenvalue weighted by molar-refractivity contribution is 0.0865. The van der Waals surface area contributed by atoms with Crippen LogP contribution in [0.4, 0.5) is 0 Å². The van der Waals surface area contributed by atoms with Gasteiger partial charge in [0.05, 0.1) is 0 Å². The van der Waals surface area contributed by atoms with E-state index in [2.05, 4.69) is 57.5 Å². The van der Waals surface area contributed by atoms with Crippen LogP contribution in [-0.4, -0.2) is 60.5 Å². The topological polar surface area (TPSA) is 57.7 Å². The molecule has 1 aromatic heterocycles. The molecule has 6 nitrogen and oxygen atoms in total. The van der Waals surface area contributed by atoms with Gasteiger partial charge in [-0.05, 0) is 43.3 Å². The minimum atomic E-state index is -0.0696. The molecule has 2 heterocycles. The van der Waals surface area contributed by atoms with Gasteiger partial charge in [-0.15, -0.1) is 0 Å². The molecule has 0 aliphatic carbocycles. The predicted octanol–water partition coefficient (Wildman–Crippen LogP) is 3.77. The Bertz CT molecular complexity index is 1010. The molecule has 4 rings (SSSR count). The minimum absolute atomic E-state index is 0.0696. The van der Waals surface area contributed by atoms with Crippen LogP contribution in [0.5, 0.6) is 5.75 Å². The zero-order valence-corrected chi connectivity index (χ0v) is 19.2. The molecule has 0 spiro atoms. The second kappa shape index (κ2) is 11.6. The van der Waals surface area contributed by atoms with Crippen LogP contribution in [-0.2, 0) is 6.61 Å². The minimum Gasteiger partial charge on any atom is -0.489 e. The molecule has 172 valence electrons. The highest BCUT2D eigenvalue weighted by Gasteiger charge is 2.25. The first-order valence-electron chi connectivity index (χ1n) is 11.6. The Balaban J connectivity index is 1.25. The van der Waals surface area contributed by atoms with Gasteiger partial charge >= 0.3 is 0 Å². The van der Waals surface area contributed by atoms with Crippen LogP contribution >= 0.6 is 0 Å². The molecule has 0 bridgehead atoms. The molecule has 1 saturated heterocycles. The van der Waals surface area contributed by atoms with Gasteiger partial charge in [0.15, 0.2) is 0 Å². The highest BCUT2D eigenvalue weighted by Crippen LogP contribution is 2.24. The van der Waals surface area contributed by atoms with E-state index in [0.717, 1.165) is 38.2 Å². The summed E-state index contributed by atoms with van der Waals surface area (Å²) in [7, 11) is 2.18. The number of benzene rings is 2. The molecule has 2 aromatic carbocycles. The Morgan fingerprint density at radius 2 is 1.97 bits per heavy atom. The van der Waals surface area contributed by atoms with Crippen LogP contribution in [0.3, 0.4) is 0 Å². The second-order valence-corrected chi connectivity index (χ2v) is 8.51. The molecular formula is C27H32N4O2. The Morgan fingerprint density at radius 1 is 1.09 bits per heavy atom. The average molecular weight is 445 g/mol. The Labute approximate surface area is 196 Å². The average Bonchev–Trinajstić information content (AvgIpc) is 2.87. The van der Waals surface area contributed by atoms with Crippen molar-refractivity contribution in [3.05, 3.63) is 95.8 Å². The van der Waals surface area contributed by atoms with Crippen molar-refractivity contribution < 1.29 is 9.53 Å². The highest BCUT2D eigenvalue weighted by atomic mass is 16.5. The molecule has 1 N–H and O–H groups in total. The number of hydrogen-bond acceptors (Lipinski definition) is 5. The number of likely N-dealkylation sites (N-methyl/N-ethyl adjacent to an activating group) is 1. The number of ether oxygens (including phenoxy) is 1. The van der Waals surface area contributed by atoms with Crippen molar-refractivity contribution in [2.24, 2.45) is 0 Å². The van der Waals surface area contributed by atoms with Gasteiger partial charge in [-0.3, -0.25) is 14.7 Å². The molecule has 33 heavy (non-hydrogen) atoms. The van der Waals surface area contributed by atoms with E-state index in [9.17, 15) is 4.79 Å². The standard InChI is InChI=1S/C27H32N4O2/c1-30-16-17-31(26(20-30)23-9-3-2-4-10-23)15-7-14-29-27(32)24-11-5-12-25(18-24)33-21-22-8-6-13-28-19-22/h2-6,8-13,18-19,26H,7,14-17,20-21H2,1H3,(H,29,32). The number of rotatable bonds is 9. The van der Waals surface area contributed by atoms with E-state index in [-0.39, 0.29) is 5.91 Å². The van der Waals surface area contributed by atoms with Gasteiger partial charge in [-0.1, -0.05) is 42.5 Å². The third-order valence-corrected chi connectivity index (χ3v) is 6.01. The van der Waals surface area contributed by atoms with Crippen LogP contribution in [0.2, 0.25) is 0 Å². The summed E-state index contributed by atoms with van der Waals surface area (Å²) >= 11 is 0. The highest BCUT2D eigenvalue weighted by molar-refractivity contribution is 5.94. The summed E-state index contributed by atoms with van der Waals surface area (Å²) in [6, 6.07) is 22.3. The summed E-state index contributed by atoms with van der Waals surface area (Å²) in [4.78, 5) is 21.7. The van der Waals surface area contributed by atoms with Gasteiger partial charge in [0.1, 0.15) is 12.4 Å². The van der Waals surface area contributed by atoms with Crippen LogP contribution in [0, 0.1) is 0 Å². The summed E-state index contributed by atoms with van der Waals surface area (Å²) in [5.41, 5.74) is 2.96. The molecule has 1 amide bonds. The van der Waals surface area contributed by atoms with Crippen LogP contribution in [0.1, 0.15) is 33.9 Å². The van der Waals surface area contributed by atoms with Crippen LogP contribution < -0.4 is 10.1 Å². The fourth-order valence-corrected chi connectivity index (χ4v) is 4.18. The van der Waals surface area contributed by atoms with Crippen LogP contribution in [0.25, 0.3) is 0 Å². The van der Waals surface area contributed by atoms with Crippen molar-refractivity contribution in [3.8, 4) is 5.75 Å². The van der Waals surface area contributed by atoms with Gasteiger partial charge in [0, 0.05) is 62.3 Å². The summed E-state index contributed by atoms with van der Waals surface area (Å²) in [5, 5.41) is 3.06. The lowest BCUT2D eigenvalue weighted by Gasteiger charge is -2.40. The smallest absolute Gasteiger partial charge is 0.251 e. The number of nitrogens with zero attached hydrogens (tertiary/aromatic N) is 3. The maximum atomic E-state index is 12.7. The third-order valence-electron chi connectivity index (χ3n) is 6.01. The van der Waals surface area contributed by atoms with Crippen molar-refractivity contribution in [3.63, 3.8) is 0 Å². The van der Waals surface area contributed by atoms with Crippen molar-refractivity contribution in [1.82, 2.24) is 20.1 Å². The van der Waals surface area contributed by atoms with Gasteiger partial charge in [0.2, 0.25) is 0 Å². The first-order chi connectivity index (χ1) is 16.2. The van der Waals surface area contributed by atoms with E-state index in [4.69, 9.17) is 4.74 Å². The van der Waals surface area contributed by atoms with Gasteiger partial charge in [0.25, 0.3) is 5.91 Å². The van der Waals surface area contributed by atoms with E-state index < -0.39 is 0 Å². The van der Waals surface area contributed by atoms with E-state index in [0.29, 0.717) is 30.5 Å². The number of aromatic nitrogens is 1. The van der Waals surface area contributed by atoms with E-state index in [1.165, 1.54) is 5.56 Å². The van der Waals surface area contributed by atoms with E-state index in [1.54, 1.807) is 18.5 Å². The molecule has 1 atom stereocenters. The SMILES string of the molecule is CN1CCN(CCCNC(=O)c2cccc(OCc3cccnc3)c2)C(c2ccccc2)C1. The predicted molar refractivity (Wildman–Crippen MR) is 130 cm³/mol. The Kier molecular flexibility index (Phi) is 8.06. The van der Waals surface area contributed by atoms with Crippen molar-refractivity contribution >= 4 is 5.91 Å². The Hall–Kier alpha value is -3.22. The number of carbonyl (C=O) groups excluding carboxylic acids is 1. The number of pyridine rings is 1. The molecule has 1 fully saturated rings. The molecule has 6 heteroatoms. The molecule has 1 aliphatic rings. The molecule has 1 aliphatic heterocycles. The Morgan fingerprint density at radius 3 is 2.79 bits per heavy atom. The fraction of sp³-hybridized carbons (Fsp3) is 0.333. The normalized spacial score (nSPS) is 16.9. The van der Waals surface area contributed by atoms with Gasteiger partial charge in [-0.2, -0.15) is 0 Å². The van der Waals surface area contributed by atoms with Gasteiger partial charge in [-0.25, -0.2) is 0 Å². The van der Waals surface area contributed by atoms with Crippen LogP contribution in [0.15, 0.2) is 79.1 Å². The zero-order valence-electron chi connectivity index (χ0n) is 19.2.